The number of esters is 1. The molecule has 1 saturated carbocycles. The van der Waals surface area contributed by atoms with Gasteiger partial charge in [-0.2, -0.15) is 0 Å². The maximum absolute atomic E-state index is 12.6. The molecule has 1 aromatic rings. The van der Waals surface area contributed by atoms with Crippen molar-refractivity contribution in [3.05, 3.63) is 24.3 Å². The van der Waals surface area contributed by atoms with E-state index in [-0.39, 0.29) is 23.8 Å². The maximum Gasteiger partial charge on any atom is 0.314 e. The summed E-state index contributed by atoms with van der Waals surface area (Å²) in [6.07, 6.45) is 4.25. The predicted molar refractivity (Wildman–Crippen MR) is 79.2 cm³/mol. The molecule has 0 heterocycles. The van der Waals surface area contributed by atoms with Gasteiger partial charge in [-0.3, -0.25) is 4.79 Å². The van der Waals surface area contributed by atoms with Crippen LogP contribution in [0.2, 0.25) is 0 Å². The summed E-state index contributed by atoms with van der Waals surface area (Å²) in [6.45, 7) is 2.09. The number of hydrogen-bond acceptors (Lipinski definition) is 2. The molecule has 8 heteroatoms. The summed E-state index contributed by atoms with van der Waals surface area (Å²) in [6, 6.07) is 2.00. The zero-order valence-corrected chi connectivity index (χ0v) is 13.4. The third kappa shape index (κ3) is 4.83. The van der Waals surface area contributed by atoms with Crippen LogP contribution in [0, 0.1) is 11.8 Å². The van der Waals surface area contributed by atoms with E-state index in [2.05, 4.69) is 6.92 Å². The Labute approximate surface area is 131 Å². The lowest BCUT2D eigenvalue weighted by atomic mass is 9.81. The number of benzene rings is 1. The molecule has 0 aromatic heterocycles. The van der Waals surface area contributed by atoms with Gasteiger partial charge in [-0.15, -0.1) is 0 Å². The molecule has 0 amide bonds. The third-order valence-corrected chi connectivity index (χ3v) is 5.41. The molecular formula is C15H19F5O2S. The highest BCUT2D eigenvalue weighted by Gasteiger charge is 2.65. The van der Waals surface area contributed by atoms with Crippen molar-refractivity contribution in [3.63, 3.8) is 0 Å². The van der Waals surface area contributed by atoms with E-state index in [1.54, 1.807) is 0 Å². The predicted octanol–water partition coefficient (Wildman–Crippen LogP) is 6.47. The number of hydrogen-bond donors (Lipinski definition) is 0. The third-order valence-electron chi connectivity index (χ3n) is 4.25. The van der Waals surface area contributed by atoms with Crippen LogP contribution in [0.5, 0.6) is 5.75 Å². The number of ether oxygens (including phenoxy) is 1. The Balaban J connectivity index is 2.01. The average molecular weight is 358 g/mol. The number of carbonyl (C=O) groups excluding carboxylic acids is 1. The molecule has 0 radical (unpaired) electrons. The van der Waals surface area contributed by atoms with Gasteiger partial charge in [0.1, 0.15) is 10.6 Å². The van der Waals surface area contributed by atoms with E-state index in [9.17, 15) is 24.2 Å². The topological polar surface area (TPSA) is 26.3 Å². The van der Waals surface area contributed by atoms with Crippen LogP contribution >= 0.6 is 10.2 Å². The van der Waals surface area contributed by atoms with Crippen LogP contribution in [0.1, 0.15) is 39.0 Å². The van der Waals surface area contributed by atoms with Crippen molar-refractivity contribution >= 4 is 16.2 Å². The minimum absolute atomic E-state index is 0.154. The lowest BCUT2D eigenvalue weighted by Gasteiger charge is -2.40. The van der Waals surface area contributed by atoms with Crippen LogP contribution in [-0.2, 0) is 4.79 Å². The van der Waals surface area contributed by atoms with Crippen molar-refractivity contribution < 1.29 is 29.0 Å². The standard InChI is InChI=1S/C15H19F5O2S/c1-2-11-3-5-12(6-4-11)15(21)22-13-7-9-14(10-8-13)23(16,17,18,19)20/h7-12H,2-6H2,1H3/t11-,12-. The van der Waals surface area contributed by atoms with E-state index >= 15 is 0 Å². The molecule has 0 spiro atoms. The number of carbonyl (C=O) groups is 1. The molecule has 0 atom stereocenters. The van der Waals surface area contributed by atoms with Crippen LogP contribution in [0.3, 0.4) is 0 Å². The van der Waals surface area contributed by atoms with Gasteiger partial charge in [0.05, 0.1) is 5.92 Å². The van der Waals surface area contributed by atoms with E-state index in [4.69, 9.17) is 4.74 Å². The van der Waals surface area contributed by atoms with Gasteiger partial charge >= 0.3 is 16.2 Å². The lowest BCUT2D eigenvalue weighted by molar-refractivity contribution is -0.140. The highest BCUT2D eigenvalue weighted by molar-refractivity contribution is 8.45. The van der Waals surface area contributed by atoms with Crippen molar-refractivity contribution in [1.82, 2.24) is 0 Å². The Morgan fingerprint density at radius 1 is 1.04 bits per heavy atom. The molecule has 0 N–H and O–H groups in total. The summed E-state index contributed by atoms with van der Waals surface area (Å²) >= 11 is 0. The summed E-state index contributed by atoms with van der Waals surface area (Å²) in [5.41, 5.74) is 0. The average Bonchev–Trinajstić information content (AvgIpc) is 2.45. The fourth-order valence-corrected chi connectivity index (χ4v) is 3.42. The minimum Gasteiger partial charge on any atom is -0.426 e. The van der Waals surface area contributed by atoms with Crippen molar-refractivity contribution in [2.75, 3.05) is 0 Å². The SMILES string of the molecule is CC[C@H]1CC[C@H](C(=O)Oc2ccc(S(F)(F)(F)(F)F)cc2)CC1. The van der Waals surface area contributed by atoms with Crippen LogP contribution in [0.15, 0.2) is 29.2 Å². The normalized spacial score (nSPS) is 25.3. The fourth-order valence-electron chi connectivity index (χ4n) is 2.77. The molecule has 23 heavy (non-hydrogen) atoms. The van der Waals surface area contributed by atoms with Gasteiger partial charge in [-0.1, -0.05) is 32.8 Å². The summed E-state index contributed by atoms with van der Waals surface area (Å²) in [5.74, 6) is -0.359. The van der Waals surface area contributed by atoms with Crippen LogP contribution in [0.4, 0.5) is 19.4 Å². The number of rotatable bonds is 4. The molecule has 2 nitrogen and oxygen atoms in total. The van der Waals surface area contributed by atoms with Gasteiger partial charge in [0, 0.05) is 0 Å². The van der Waals surface area contributed by atoms with Gasteiger partial charge in [-0.05, 0) is 55.9 Å². The Morgan fingerprint density at radius 2 is 1.57 bits per heavy atom. The molecule has 0 aliphatic heterocycles. The molecule has 0 bridgehead atoms. The summed E-state index contributed by atoms with van der Waals surface area (Å²) in [7, 11) is -9.69. The molecule has 1 aliphatic carbocycles. The largest absolute Gasteiger partial charge is 0.426 e. The van der Waals surface area contributed by atoms with Crippen molar-refractivity contribution in [1.29, 1.82) is 0 Å². The van der Waals surface area contributed by atoms with E-state index in [0.29, 0.717) is 18.8 Å². The van der Waals surface area contributed by atoms with Gasteiger partial charge in [0.2, 0.25) is 0 Å². The summed E-state index contributed by atoms with van der Waals surface area (Å²) in [5, 5.41) is 0. The minimum atomic E-state index is -9.69. The lowest BCUT2D eigenvalue weighted by Crippen LogP contribution is -2.25. The Kier molecular flexibility index (Phi) is 4.20. The van der Waals surface area contributed by atoms with Crippen LogP contribution < -0.4 is 4.74 Å². The highest BCUT2D eigenvalue weighted by Crippen LogP contribution is 3.02. The quantitative estimate of drug-likeness (QED) is 0.350. The van der Waals surface area contributed by atoms with Gasteiger partial charge < -0.3 is 4.74 Å². The van der Waals surface area contributed by atoms with Crippen molar-refractivity contribution in [3.8, 4) is 5.75 Å². The van der Waals surface area contributed by atoms with Gasteiger partial charge in [0.15, 0.2) is 0 Å². The van der Waals surface area contributed by atoms with E-state index < -0.39 is 21.1 Å². The first-order valence-electron chi connectivity index (χ1n) is 7.45. The fraction of sp³-hybridized carbons (Fsp3) is 0.533. The molecule has 132 valence electrons. The van der Waals surface area contributed by atoms with E-state index in [0.717, 1.165) is 31.4 Å². The molecular weight excluding hydrogens is 339 g/mol. The smallest absolute Gasteiger partial charge is 0.314 e. The second-order valence-corrected chi connectivity index (χ2v) is 8.40. The first-order valence-corrected chi connectivity index (χ1v) is 9.40. The monoisotopic (exact) mass is 358 g/mol. The Morgan fingerprint density at radius 3 is 2.00 bits per heavy atom. The number of halogens is 5. The molecule has 1 aliphatic rings. The maximum atomic E-state index is 12.6. The van der Waals surface area contributed by atoms with Crippen molar-refractivity contribution in [2.45, 2.75) is 43.9 Å². The van der Waals surface area contributed by atoms with Crippen molar-refractivity contribution in [2.24, 2.45) is 11.8 Å². The zero-order valence-electron chi connectivity index (χ0n) is 12.6. The summed E-state index contributed by atoms with van der Waals surface area (Å²) in [4.78, 5) is 9.99. The van der Waals surface area contributed by atoms with Crippen LogP contribution in [0.25, 0.3) is 0 Å². The van der Waals surface area contributed by atoms with Gasteiger partial charge in [0.25, 0.3) is 0 Å². The first kappa shape index (κ1) is 18.0. The first-order chi connectivity index (χ1) is 10.4. The second kappa shape index (κ2) is 5.36. The molecule has 0 saturated heterocycles. The molecule has 0 unspecified atom stereocenters. The summed E-state index contributed by atoms with van der Waals surface area (Å²) < 4.78 is 68.0. The van der Waals surface area contributed by atoms with Gasteiger partial charge in [-0.25, -0.2) is 0 Å². The molecule has 1 aromatic carbocycles. The zero-order chi connectivity index (χ0) is 17.4. The molecule has 1 fully saturated rings. The Bertz CT molecular complexity index is 574. The van der Waals surface area contributed by atoms with Crippen LogP contribution in [-0.4, -0.2) is 5.97 Å². The van der Waals surface area contributed by atoms with E-state index in [1.165, 1.54) is 0 Å². The van der Waals surface area contributed by atoms with E-state index in [1.807, 2.05) is 0 Å². The second-order valence-electron chi connectivity index (χ2n) is 5.99. The Hall–Kier alpha value is -1.31. The highest BCUT2D eigenvalue weighted by atomic mass is 32.5. The molecule has 2 rings (SSSR count).